The van der Waals surface area contributed by atoms with Gasteiger partial charge in [-0.05, 0) is 87.9 Å². The molecule has 0 saturated carbocycles. The lowest BCUT2D eigenvalue weighted by atomic mass is 9.98. The van der Waals surface area contributed by atoms with E-state index in [1.807, 2.05) is 82.3 Å². The predicted octanol–water partition coefficient (Wildman–Crippen LogP) is 5.25. The number of carbonyl (C=O) groups is 3. The third-order valence-electron chi connectivity index (χ3n) is 5.66. The first-order chi connectivity index (χ1) is 18.5. The highest BCUT2D eigenvalue weighted by Gasteiger charge is 2.26. The average Bonchev–Trinajstić information content (AvgIpc) is 2.87. The Kier molecular flexibility index (Phi) is 12.4. The number of benzene rings is 2. The summed E-state index contributed by atoms with van der Waals surface area (Å²) < 4.78 is 10.9. The molecule has 0 bridgehead atoms. The number of esters is 2. The van der Waals surface area contributed by atoms with Gasteiger partial charge >= 0.3 is 11.9 Å². The number of hydrogen-bond donors (Lipinski definition) is 2. The van der Waals surface area contributed by atoms with Crippen LogP contribution in [0.25, 0.3) is 6.08 Å². The van der Waals surface area contributed by atoms with E-state index in [1.165, 1.54) is 19.9 Å². The van der Waals surface area contributed by atoms with Crippen molar-refractivity contribution in [1.29, 1.82) is 0 Å². The first-order valence-electron chi connectivity index (χ1n) is 12.9. The fourth-order valence-electron chi connectivity index (χ4n) is 3.65. The van der Waals surface area contributed by atoms with Crippen LogP contribution < -0.4 is 10.1 Å². The molecule has 0 radical (unpaired) electrons. The van der Waals surface area contributed by atoms with Crippen LogP contribution in [0.2, 0.25) is 0 Å². The van der Waals surface area contributed by atoms with Gasteiger partial charge in [-0.2, -0.15) is 0 Å². The van der Waals surface area contributed by atoms with Crippen molar-refractivity contribution in [1.82, 2.24) is 5.32 Å². The molecular formula is C32H39NO6. The summed E-state index contributed by atoms with van der Waals surface area (Å²) in [5.41, 5.74) is 5.41. The summed E-state index contributed by atoms with van der Waals surface area (Å²) in [4.78, 5) is 37.1. The summed E-state index contributed by atoms with van der Waals surface area (Å²) in [6, 6.07) is 11.7. The highest BCUT2D eigenvalue weighted by Crippen LogP contribution is 2.29. The highest BCUT2D eigenvalue weighted by atomic mass is 16.5. The lowest BCUT2D eigenvalue weighted by Crippen LogP contribution is -2.48. The second-order valence-corrected chi connectivity index (χ2v) is 9.89. The van der Waals surface area contributed by atoms with Gasteiger partial charge in [-0.3, -0.25) is 9.59 Å². The minimum atomic E-state index is -1.22. The van der Waals surface area contributed by atoms with Crippen LogP contribution in [0.15, 0.2) is 71.8 Å². The van der Waals surface area contributed by atoms with E-state index in [4.69, 9.17) is 9.47 Å². The first-order valence-corrected chi connectivity index (χ1v) is 12.9. The van der Waals surface area contributed by atoms with Crippen LogP contribution >= 0.6 is 0 Å². The van der Waals surface area contributed by atoms with Crippen LogP contribution in [0, 0.1) is 0 Å². The summed E-state index contributed by atoms with van der Waals surface area (Å²) >= 11 is 0. The van der Waals surface area contributed by atoms with Gasteiger partial charge in [0.05, 0.1) is 6.10 Å². The number of nitrogens with one attached hydrogen (secondary N) is 1. The van der Waals surface area contributed by atoms with Gasteiger partial charge < -0.3 is 19.9 Å². The van der Waals surface area contributed by atoms with Crippen molar-refractivity contribution in [3.05, 3.63) is 94.1 Å². The monoisotopic (exact) mass is 533 g/mol. The van der Waals surface area contributed by atoms with Crippen LogP contribution in [-0.2, 0) is 38.6 Å². The molecule has 2 rings (SSSR count). The maximum atomic E-state index is 12.7. The number of carbonyl (C=O) groups excluding carboxylic acids is 3. The second-order valence-electron chi connectivity index (χ2n) is 9.89. The molecular weight excluding hydrogens is 494 g/mol. The van der Waals surface area contributed by atoms with Crippen molar-refractivity contribution in [3.63, 3.8) is 0 Å². The molecule has 2 aromatic rings. The Labute approximate surface area is 231 Å². The zero-order valence-electron chi connectivity index (χ0n) is 23.6. The molecule has 39 heavy (non-hydrogen) atoms. The Morgan fingerprint density at radius 1 is 0.923 bits per heavy atom. The van der Waals surface area contributed by atoms with E-state index >= 15 is 0 Å². The van der Waals surface area contributed by atoms with Crippen molar-refractivity contribution in [2.45, 2.75) is 73.1 Å². The maximum absolute atomic E-state index is 12.7. The summed E-state index contributed by atoms with van der Waals surface area (Å²) in [5.74, 6) is -1.17. The highest BCUT2D eigenvalue weighted by molar-refractivity contribution is 5.95. The molecule has 0 aromatic heterocycles. The summed E-state index contributed by atoms with van der Waals surface area (Å²) in [6.45, 7) is 10.8. The minimum Gasteiger partial charge on any atom is -0.459 e. The average molecular weight is 534 g/mol. The number of amides is 1. The summed E-state index contributed by atoms with van der Waals surface area (Å²) in [5, 5.41) is 12.6. The van der Waals surface area contributed by atoms with Crippen molar-refractivity contribution >= 4 is 23.9 Å². The third kappa shape index (κ3) is 11.1. The number of rotatable bonds is 12. The van der Waals surface area contributed by atoms with Crippen LogP contribution in [0.4, 0.5) is 0 Å². The molecule has 0 fully saturated rings. The van der Waals surface area contributed by atoms with Crippen LogP contribution in [0.1, 0.15) is 63.8 Å². The van der Waals surface area contributed by atoms with E-state index < -0.39 is 30.0 Å². The number of ether oxygens (including phenoxy) is 2. The number of aliphatic hydroxyl groups is 1. The third-order valence-corrected chi connectivity index (χ3v) is 5.66. The van der Waals surface area contributed by atoms with Gasteiger partial charge in [-0.15, -0.1) is 0 Å². The summed E-state index contributed by atoms with van der Waals surface area (Å²) in [6.07, 6.45) is 6.97. The van der Waals surface area contributed by atoms with Crippen molar-refractivity contribution in [3.8, 4) is 5.75 Å². The molecule has 7 heteroatoms. The van der Waals surface area contributed by atoms with Crippen LogP contribution in [-0.4, -0.2) is 35.1 Å². The largest absolute Gasteiger partial charge is 0.459 e. The molecule has 2 atom stereocenters. The predicted molar refractivity (Wildman–Crippen MR) is 153 cm³/mol. The van der Waals surface area contributed by atoms with Crippen LogP contribution in [0.3, 0.4) is 0 Å². The van der Waals surface area contributed by atoms with E-state index in [1.54, 1.807) is 6.08 Å². The normalized spacial score (nSPS) is 12.3. The lowest BCUT2D eigenvalue weighted by Gasteiger charge is -2.19. The van der Waals surface area contributed by atoms with Gasteiger partial charge in [-0.25, -0.2) is 4.79 Å². The van der Waals surface area contributed by atoms with Crippen molar-refractivity contribution in [2.75, 3.05) is 0 Å². The van der Waals surface area contributed by atoms with E-state index in [0.29, 0.717) is 18.6 Å². The number of aliphatic hydroxyl groups excluding tert-OH is 1. The molecule has 1 amide bonds. The molecule has 0 aliphatic carbocycles. The fourth-order valence-corrected chi connectivity index (χ4v) is 3.65. The SMILES string of the molecule is CC(=O)Oc1c(CC=C(C)C)cc(/C=C/C(=O)N[C@H](C(=O)OCc2ccccc2)[C@@H](C)O)cc1CC=C(C)C. The van der Waals surface area contributed by atoms with E-state index in [9.17, 15) is 19.5 Å². The molecule has 7 nitrogen and oxygen atoms in total. The Morgan fingerprint density at radius 3 is 1.97 bits per heavy atom. The fraction of sp³-hybridized carbons (Fsp3) is 0.344. The standard InChI is InChI=1S/C32H39NO6/c1-21(2)12-15-27-18-26(19-28(16-13-22(3)4)31(27)39-24(6)35)14-17-29(36)33-30(23(5)34)32(37)38-20-25-10-8-7-9-11-25/h7-14,17-19,23,30,34H,15-16,20H2,1-6H3,(H,33,36)/b17-14+/t23-,30+/m1/s1. The van der Waals surface area contributed by atoms with Gasteiger partial charge in [0.2, 0.25) is 5.91 Å². The smallest absolute Gasteiger partial charge is 0.331 e. The van der Waals surface area contributed by atoms with E-state index in [-0.39, 0.29) is 6.61 Å². The Hall–Kier alpha value is -3.97. The van der Waals surface area contributed by atoms with Gasteiger partial charge in [-0.1, -0.05) is 53.6 Å². The maximum Gasteiger partial charge on any atom is 0.331 e. The molecule has 0 heterocycles. The molecule has 0 saturated heterocycles. The molecule has 2 N–H and O–H groups in total. The molecule has 2 aromatic carbocycles. The first kappa shape index (κ1) is 31.2. The van der Waals surface area contributed by atoms with E-state index in [0.717, 1.165) is 33.4 Å². The molecule has 0 aliphatic rings. The minimum absolute atomic E-state index is 0.0339. The topological polar surface area (TPSA) is 102 Å². The molecule has 0 aliphatic heterocycles. The number of hydrogen-bond acceptors (Lipinski definition) is 6. The van der Waals surface area contributed by atoms with Crippen molar-refractivity contribution in [2.24, 2.45) is 0 Å². The van der Waals surface area contributed by atoms with Gasteiger partial charge in [0.25, 0.3) is 0 Å². The van der Waals surface area contributed by atoms with Gasteiger partial charge in [0.1, 0.15) is 12.4 Å². The molecule has 0 unspecified atom stereocenters. The van der Waals surface area contributed by atoms with Crippen LogP contribution in [0.5, 0.6) is 5.75 Å². The van der Waals surface area contributed by atoms with Gasteiger partial charge in [0.15, 0.2) is 6.04 Å². The molecule has 0 spiro atoms. The zero-order chi connectivity index (χ0) is 28.9. The Bertz CT molecular complexity index is 1190. The second kappa shape index (κ2) is 15.4. The van der Waals surface area contributed by atoms with E-state index in [2.05, 4.69) is 5.32 Å². The quantitative estimate of drug-likeness (QED) is 0.167. The van der Waals surface area contributed by atoms with Gasteiger partial charge in [0, 0.05) is 13.0 Å². The Balaban J connectivity index is 2.27. The summed E-state index contributed by atoms with van der Waals surface area (Å²) in [7, 11) is 0. The Morgan fingerprint density at radius 2 is 1.49 bits per heavy atom. The lowest BCUT2D eigenvalue weighted by molar-refractivity contribution is -0.151. The van der Waals surface area contributed by atoms with Crippen molar-refractivity contribution < 1.29 is 29.0 Å². The zero-order valence-corrected chi connectivity index (χ0v) is 23.6. The molecule has 208 valence electrons. The number of allylic oxidation sites excluding steroid dienone is 4.